The van der Waals surface area contributed by atoms with Gasteiger partial charge in [-0.15, -0.1) is 0 Å². The largest absolute Gasteiger partial charge is 0.338 e. The summed E-state index contributed by atoms with van der Waals surface area (Å²) in [5.41, 5.74) is 2.16. The van der Waals surface area contributed by atoms with Gasteiger partial charge in [-0.05, 0) is 37.6 Å². The standard InChI is InChI=1S/C15H21N5O/c1-2-12-10-17-6-4-13(12)15-18-14(21-19-15)11-20-8-3-5-16-7-9-20/h4,6,10,16H,2-3,5,7-9,11H2,1H3. The van der Waals surface area contributed by atoms with Crippen molar-refractivity contribution in [2.45, 2.75) is 26.3 Å². The van der Waals surface area contributed by atoms with E-state index in [1.807, 2.05) is 12.3 Å². The monoisotopic (exact) mass is 287 g/mol. The number of aryl methyl sites for hydroxylation is 1. The summed E-state index contributed by atoms with van der Waals surface area (Å²) >= 11 is 0. The van der Waals surface area contributed by atoms with Gasteiger partial charge in [0, 0.05) is 31.0 Å². The van der Waals surface area contributed by atoms with Gasteiger partial charge in [-0.2, -0.15) is 4.98 Å². The lowest BCUT2D eigenvalue weighted by Gasteiger charge is -2.16. The molecule has 1 aliphatic heterocycles. The van der Waals surface area contributed by atoms with E-state index in [4.69, 9.17) is 4.52 Å². The van der Waals surface area contributed by atoms with Crippen molar-refractivity contribution >= 4 is 0 Å². The molecule has 6 heteroatoms. The predicted octanol–water partition coefficient (Wildman–Crippen LogP) is 1.49. The lowest BCUT2D eigenvalue weighted by molar-refractivity contribution is 0.239. The van der Waals surface area contributed by atoms with E-state index < -0.39 is 0 Å². The first-order chi connectivity index (χ1) is 10.4. The Bertz CT molecular complexity index is 575. The fraction of sp³-hybridized carbons (Fsp3) is 0.533. The highest BCUT2D eigenvalue weighted by atomic mass is 16.5. The molecule has 6 nitrogen and oxygen atoms in total. The zero-order chi connectivity index (χ0) is 14.5. The number of nitrogens with zero attached hydrogens (tertiary/aromatic N) is 4. The molecule has 0 atom stereocenters. The molecule has 1 N–H and O–H groups in total. The fourth-order valence-corrected chi connectivity index (χ4v) is 2.61. The van der Waals surface area contributed by atoms with Crippen molar-refractivity contribution in [2.24, 2.45) is 0 Å². The Morgan fingerprint density at radius 2 is 2.29 bits per heavy atom. The summed E-state index contributed by atoms with van der Waals surface area (Å²) in [5.74, 6) is 1.35. The molecule has 0 unspecified atom stereocenters. The first kappa shape index (κ1) is 14.2. The van der Waals surface area contributed by atoms with Crippen LogP contribution in [0.25, 0.3) is 11.4 Å². The topological polar surface area (TPSA) is 67.1 Å². The van der Waals surface area contributed by atoms with Crippen molar-refractivity contribution in [1.82, 2.24) is 25.3 Å². The van der Waals surface area contributed by atoms with Gasteiger partial charge in [0.25, 0.3) is 0 Å². The summed E-state index contributed by atoms with van der Waals surface area (Å²) < 4.78 is 5.42. The predicted molar refractivity (Wildman–Crippen MR) is 79.7 cm³/mol. The third-order valence-corrected chi connectivity index (χ3v) is 3.79. The number of hydrogen-bond acceptors (Lipinski definition) is 6. The van der Waals surface area contributed by atoms with Crippen LogP contribution in [-0.4, -0.2) is 46.2 Å². The Balaban J connectivity index is 1.73. The van der Waals surface area contributed by atoms with Crippen molar-refractivity contribution in [3.05, 3.63) is 29.9 Å². The minimum atomic E-state index is 0.664. The molecule has 1 aliphatic rings. The number of nitrogens with one attached hydrogen (secondary N) is 1. The highest BCUT2D eigenvalue weighted by Gasteiger charge is 2.15. The van der Waals surface area contributed by atoms with Crippen LogP contribution < -0.4 is 5.32 Å². The van der Waals surface area contributed by atoms with E-state index in [2.05, 4.69) is 32.3 Å². The van der Waals surface area contributed by atoms with E-state index in [1.165, 1.54) is 0 Å². The molecule has 3 rings (SSSR count). The quantitative estimate of drug-likeness (QED) is 0.919. The van der Waals surface area contributed by atoms with Gasteiger partial charge in [-0.1, -0.05) is 12.1 Å². The van der Waals surface area contributed by atoms with Crippen molar-refractivity contribution in [2.75, 3.05) is 26.2 Å². The third kappa shape index (κ3) is 3.46. The van der Waals surface area contributed by atoms with Crippen molar-refractivity contribution < 1.29 is 4.52 Å². The van der Waals surface area contributed by atoms with Crippen LogP contribution in [0.4, 0.5) is 0 Å². The molecule has 0 bridgehead atoms. The second-order valence-electron chi connectivity index (χ2n) is 5.28. The summed E-state index contributed by atoms with van der Waals surface area (Å²) in [6.07, 6.45) is 5.70. The second kappa shape index (κ2) is 6.78. The molecule has 112 valence electrons. The molecule has 0 aliphatic carbocycles. The highest BCUT2D eigenvalue weighted by molar-refractivity contribution is 5.58. The van der Waals surface area contributed by atoms with Gasteiger partial charge in [0.15, 0.2) is 0 Å². The number of rotatable bonds is 4. The molecule has 0 radical (unpaired) electrons. The molecule has 0 aromatic carbocycles. The third-order valence-electron chi connectivity index (χ3n) is 3.79. The maximum atomic E-state index is 5.42. The molecule has 21 heavy (non-hydrogen) atoms. The number of aromatic nitrogens is 3. The molecule has 0 amide bonds. The highest BCUT2D eigenvalue weighted by Crippen LogP contribution is 2.20. The van der Waals surface area contributed by atoms with Gasteiger partial charge >= 0.3 is 0 Å². The average Bonchev–Trinajstić information content (AvgIpc) is 2.83. The number of hydrogen-bond donors (Lipinski definition) is 1. The summed E-state index contributed by atoms with van der Waals surface area (Å²) in [6.45, 7) is 7.02. The molecular formula is C15H21N5O. The van der Waals surface area contributed by atoms with E-state index in [-0.39, 0.29) is 0 Å². The van der Waals surface area contributed by atoms with Crippen LogP contribution >= 0.6 is 0 Å². The summed E-state index contributed by atoms with van der Waals surface area (Å²) in [6, 6.07) is 1.95. The minimum absolute atomic E-state index is 0.664. The first-order valence-corrected chi connectivity index (χ1v) is 7.55. The Morgan fingerprint density at radius 3 is 3.19 bits per heavy atom. The van der Waals surface area contributed by atoms with Crippen LogP contribution in [0.5, 0.6) is 0 Å². The van der Waals surface area contributed by atoms with Gasteiger partial charge in [0.05, 0.1) is 6.54 Å². The van der Waals surface area contributed by atoms with Crippen LogP contribution in [0, 0.1) is 0 Å². The Labute approximate surface area is 124 Å². The first-order valence-electron chi connectivity index (χ1n) is 7.55. The van der Waals surface area contributed by atoms with Crippen LogP contribution in [0.2, 0.25) is 0 Å². The maximum Gasteiger partial charge on any atom is 0.241 e. The zero-order valence-corrected chi connectivity index (χ0v) is 12.4. The van der Waals surface area contributed by atoms with Gasteiger partial charge in [0.1, 0.15) is 0 Å². The van der Waals surface area contributed by atoms with E-state index in [9.17, 15) is 0 Å². The minimum Gasteiger partial charge on any atom is -0.338 e. The van der Waals surface area contributed by atoms with Gasteiger partial charge < -0.3 is 9.84 Å². The van der Waals surface area contributed by atoms with Crippen molar-refractivity contribution in [3.63, 3.8) is 0 Å². The number of pyridine rings is 1. The molecule has 2 aromatic rings. The Kier molecular flexibility index (Phi) is 4.57. The van der Waals surface area contributed by atoms with Gasteiger partial charge in [-0.25, -0.2) is 0 Å². The van der Waals surface area contributed by atoms with Crippen LogP contribution in [-0.2, 0) is 13.0 Å². The van der Waals surface area contributed by atoms with Crippen molar-refractivity contribution in [3.8, 4) is 11.4 Å². The molecule has 1 saturated heterocycles. The van der Waals surface area contributed by atoms with Crippen LogP contribution in [0.15, 0.2) is 23.0 Å². The molecule has 1 fully saturated rings. The van der Waals surface area contributed by atoms with Gasteiger partial charge in [-0.3, -0.25) is 9.88 Å². The van der Waals surface area contributed by atoms with Crippen LogP contribution in [0.1, 0.15) is 24.8 Å². The molecule has 0 saturated carbocycles. The molecule has 2 aromatic heterocycles. The lowest BCUT2D eigenvalue weighted by Crippen LogP contribution is -2.27. The summed E-state index contributed by atoms with van der Waals surface area (Å²) in [5, 5.41) is 7.52. The van der Waals surface area contributed by atoms with E-state index in [1.54, 1.807) is 6.20 Å². The van der Waals surface area contributed by atoms with E-state index in [0.717, 1.165) is 56.7 Å². The van der Waals surface area contributed by atoms with Crippen molar-refractivity contribution in [1.29, 1.82) is 0 Å². The smallest absolute Gasteiger partial charge is 0.241 e. The van der Waals surface area contributed by atoms with Crippen LogP contribution in [0.3, 0.4) is 0 Å². The maximum absolute atomic E-state index is 5.42. The normalized spacial score (nSPS) is 16.8. The molecule has 3 heterocycles. The van der Waals surface area contributed by atoms with E-state index >= 15 is 0 Å². The van der Waals surface area contributed by atoms with Gasteiger partial charge in [0.2, 0.25) is 11.7 Å². The SMILES string of the molecule is CCc1cnccc1-c1noc(CN2CCCNCC2)n1. The Morgan fingerprint density at radius 1 is 1.33 bits per heavy atom. The zero-order valence-electron chi connectivity index (χ0n) is 12.4. The Hall–Kier alpha value is -1.79. The summed E-state index contributed by atoms with van der Waals surface area (Å²) in [7, 11) is 0. The average molecular weight is 287 g/mol. The second-order valence-corrected chi connectivity index (χ2v) is 5.28. The fourth-order valence-electron chi connectivity index (χ4n) is 2.61. The van der Waals surface area contributed by atoms with E-state index in [0.29, 0.717) is 11.7 Å². The summed E-state index contributed by atoms with van der Waals surface area (Å²) in [4.78, 5) is 11.0. The molecule has 0 spiro atoms. The molecular weight excluding hydrogens is 266 g/mol. The lowest BCUT2D eigenvalue weighted by atomic mass is 10.1.